The van der Waals surface area contributed by atoms with Gasteiger partial charge in [0.1, 0.15) is 5.69 Å². The fourth-order valence-electron chi connectivity index (χ4n) is 3.76. The predicted octanol–water partition coefficient (Wildman–Crippen LogP) is 1.81. The number of esters is 1. The van der Waals surface area contributed by atoms with E-state index in [1.165, 1.54) is 11.8 Å². The number of ether oxygens (including phenoxy) is 1. The molecule has 0 aromatic carbocycles. The van der Waals surface area contributed by atoms with E-state index in [0.717, 1.165) is 0 Å². The fourth-order valence-corrected chi connectivity index (χ4v) is 5.47. The summed E-state index contributed by atoms with van der Waals surface area (Å²) >= 11 is 0. The first kappa shape index (κ1) is 22.1. The summed E-state index contributed by atoms with van der Waals surface area (Å²) in [5.74, 6) is -1.30. The molecule has 1 N–H and O–H groups in total. The van der Waals surface area contributed by atoms with Gasteiger partial charge in [-0.05, 0) is 46.1 Å². The molecule has 2 heterocycles. The van der Waals surface area contributed by atoms with E-state index in [9.17, 15) is 22.8 Å². The molecule has 0 bridgehead atoms. The predicted molar refractivity (Wildman–Crippen MR) is 104 cm³/mol. The van der Waals surface area contributed by atoms with Crippen LogP contribution < -0.4 is 0 Å². The molecule has 8 nitrogen and oxygen atoms in total. The normalized spacial score (nSPS) is 19.2. The van der Waals surface area contributed by atoms with E-state index in [1.54, 1.807) is 13.8 Å². The van der Waals surface area contributed by atoms with Crippen LogP contribution in [0.3, 0.4) is 0 Å². The molecule has 1 fully saturated rings. The Kier molecular flexibility index (Phi) is 6.69. The largest absolute Gasteiger partial charge is 0.451 e. The van der Waals surface area contributed by atoms with Gasteiger partial charge in [-0.25, -0.2) is 13.2 Å². The van der Waals surface area contributed by atoms with Gasteiger partial charge in [0, 0.05) is 23.3 Å². The zero-order valence-electron chi connectivity index (χ0n) is 17.0. The molecular formula is C19H28N2O6S. The van der Waals surface area contributed by atoms with Crippen molar-refractivity contribution >= 4 is 27.5 Å². The summed E-state index contributed by atoms with van der Waals surface area (Å²) in [7, 11) is -3.14. The number of nitrogens with zero attached hydrogens (tertiary/aromatic N) is 1. The minimum atomic E-state index is -3.14. The molecule has 0 unspecified atom stereocenters. The second-order valence-corrected chi connectivity index (χ2v) is 9.60. The maximum Gasteiger partial charge on any atom is 0.355 e. The van der Waals surface area contributed by atoms with E-state index in [0.29, 0.717) is 29.7 Å². The van der Waals surface area contributed by atoms with Gasteiger partial charge in [-0.2, -0.15) is 0 Å². The topological polar surface area (TPSA) is 114 Å². The standard InChI is InChI=1S/C19H28N2O6S/c1-6-11(2)21(15-7-8-28(25,26)10-15)16(23)9-27-19(24)18-12(3)17(14(5)22)13(4)20-18/h11,15,20H,6-10H2,1-5H3/t11-,15-/m1/s1. The highest BCUT2D eigenvalue weighted by Gasteiger charge is 2.37. The van der Waals surface area contributed by atoms with E-state index >= 15 is 0 Å². The van der Waals surface area contributed by atoms with Gasteiger partial charge < -0.3 is 14.6 Å². The van der Waals surface area contributed by atoms with Gasteiger partial charge in [0.2, 0.25) is 0 Å². The number of H-pyrrole nitrogens is 1. The Hall–Kier alpha value is -2.16. The van der Waals surface area contributed by atoms with E-state index in [4.69, 9.17) is 4.74 Å². The highest BCUT2D eigenvalue weighted by Crippen LogP contribution is 2.22. The number of aromatic nitrogens is 1. The van der Waals surface area contributed by atoms with Crippen LogP contribution in [0.25, 0.3) is 0 Å². The van der Waals surface area contributed by atoms with Crippen LogP contribution in [0, 0.1) is 13.8 Å². The number of nitrogens with one attached hydrogen (secondary N) is 1. The van der Waals surface area contributed by atoms with Gasteiger partial charge in [0.25, 0.3) is 5.91 Å². The first-order valence-electron chi connectivity index (χ1n) is 9.37. The van der Waals surface area contributed by atoms with Crippen molar-refractivity contribution < 1.29 is 27.5 Å². The number of Topliss-reactive ketones (excluding diaryl/α,β-unsaturated/α-hetero) is 1. The molecule has 156 valence electrons. The van der Waals surface area contributed by atoms with Crippen molar-refractivity contribution in [2.75, 3.05) is 18.1 Å². The third kappa shape index (κ3) is 4.63. The van der Waals surface area contributed by atoms with Crippen LogP contribution in [-0.4, -0.2) is 66.2 Å². The van der Waals surface area contributed by atoms with Crippen LogP contribution in [0.15, 0.2) is 0 Å². The Bertz CT molecular complexity index is 886. The lowest BCUT2D eigenvalue weighted by Crippen LogP contribution is -2.48. The van der Waals surface area contributed by atoms with Crippen LogP contribution in [-0.2, 0) is 19.4 Å². The van der Waals surface area contributed by atoms with Crippen molar-refractivity contribution in [3.63, 3.8) is 0 Å². The van der Waals surface area contributed by atoms with Crippen molar-refractivity contribution in [1.82, 2.24) is 9.88 Å². The maximum atomic E-state index is 12.7. The second-order valence-electron chi connectivity index (χ2n) is 7.37. The molecule has 1 saturated heterocycles. The van der Waals surface area contributed by atoms with Gasteiger partial charge in [0.15, 0.2) is 22.2 Å². The van der Waals surface area contributed by atoms with Gasteiger partial charge in [-0.1, -0.05) is 6.92 Å². The number of aryl methyl sites for hydroxylation is 1. The van der Waals surface area contributed by atoms with Crippen molar-refractivity contribution in [2.45, 2.75) is 59.5 Å². The molecule has 1 amide bonds. The number of carbonyl (C=O) groups is 3. The van der Waals surface area contributed by atoms with Gasteiger partial charge in [0.05, 0.1) is 11.5 Å². The van der Waals surface area contributed by atoms with Crippen LogP contribution in [0.2, 0.25) is 0 Å². The number of rotatable bonds is 7. The van der Waals surface area contributed by atoms with Crippen LogP contribution in [0.4, 0.5) is 0 Å². The number of hydrogen-bond acceptors (Lipinski definition) is 6. The van der Waals surface area contributed by atoms with E-state index < -0.39 is 34.4 Å². The summed E-state index contributed by atoms with van der Waals surface area (Å²) in [5.41, 5.74) is 1.65. The first-order valence-corrected chi connectivity index (χ1v) is 11.2. The summed E-state index contributed by atoms with van der Waals surface area (Å²) < 4.78 is 28.8. The highest BCUT2D eigenvalue weighted by molar-refractivity contribution is 7.91. The number of sulfone groups is 1. The molecule has 1 aliphatic heterocycles. The molecule has 0 saturated carbocycles. The summed E-state index contributed by atoms with van der Waals surface area (Å²) in [6.45, 7) is 8.04. The smallest absolute Gasteiger partial charge is 0.355 e. The number of amides is 1. The number of carbonyl (C=O) groups excluding carboxylic acids is 3. The molecule has 0 radical (unpaired) electrons. The molecule has 2 atom stereocenters. The van der Waals surface area contributed by atoms with Crippen LogP contribution >= 0.6 is 0 Å². The quantitative estimate of drug-likeness (QED) is 0.540. The molecular weight excluding hydrogens is 384 g/mol. The molecule has 28 heavy (non-hydrogen) atoms. The molecule has 0 aliphatic carbocycles. The average molecular weight is 413 g/mol. The lowest BCUT2D eigenvalue weighted by atomic mass is 10.1. The lowest BCUT2D eigenvalue weighted by molar-refractivity contribution is -0.138. The Labute approximate surface area is 165 Å². The lowest BCUT2D eigenvalue weighted by Gasteiger charge is -2.33. The van der Waals surface area contributed by atoms with Gasteiger partial charge >= 0.3 is 5.97 Å². The minimum absolute atomic E-state index is 0.0616. The van der Waals surface area contributed by atoms with Gasteiger partial charge in [-0.3, -0.25) is 9.59 Å². The summed E-state index contributed by atoms with van der Waals surface area (Å²) in [5, 5.41) is 0. The zero-order valence-corrected chi connectivity index (χ0v) is 17.8. The van der Waals surface area contributed by atoms with Crippen LogP contribution in [0.1, 0.15) is 65.7 Å². The number of ketones is 1. The molecule has 2 rings (SSSR count). The third-order valence-corrected chi connectivity index (χ3v) is 7.03. The summed E-state index contributed by atoms with van der Waals surface area (Å²) in [4.78, 5) is 41.2. The summed E-state index contributed by atoms with van der Waals surface area (Å²) in [6.07, 6.45) is 1.05. The van der Waals surface area contributed by atoms with Gasteiger partial charge in [-0.15, -0.1) is 0 Å². The monoisotopic (exact) mass is 412 g/mol. The summed E-state index contributed by atoms with van der Waals surface area (Å²) in [6, 6.07) is -0.562. The Morgan fingerprint density at radius 3 is 2.39 bits per heavy atom. The number of aromatic amines is 1. The Morgan fingerprint density at radius 1 is 1.29 bits per heavy atom. The second kappa shape index (κ2) is 8.46. The number of hydrogen-bond donors (Lipinski definition) is 1. The Morgan fingerprint density at radius 2 is 1.93 bits per heavy atom. The first-order chi connectivity index (χ1) is 13.0. The highest BCUT2D eigenvalue weighted by atomic mass is 32.2. The van der Waals surface area contributed by atoms with E-state index in [1.807, 2.05) is 13.8 Å². The van der Waals surface area contributed by atoms with E-state index in [-0.39, 0.29) is 29.0 Å². The van der Waals surface area contributed by atoms with E-state index in [2.05, 4.69) is 4.98 Å². The molecule has 1 aromatic rings. The molecule has 9 heteroatoms. The maximum absolute atomic E-state index is 12.7. The zero-order chi connectivity index (χ0) is 21.2. The van der Waals surface area contributed by atoms with Crippen molar-refractivity contribution in [1.29, 1.82) is 0 Å². The average Bonchev–Trinajstić information content (AvgIpc) is 3.11. The molecule has 1 aliphatic rings. The fraction of sp³-hybridized carbons (Fsp3) is 0.632. The third-order valence-electron chi connectivity index (χ3n) is 5.28. The van der Waals surface area contributed by atoms with Crippen molar-refractivity contribution in [3.05, 3.63) is 22.5 Å². The van der Waals surface area contributed by atoms with Crippen molar-refractivity contribution in [2.24, 2.45) is 0 Å². The Balaban J connectivity index is 2.11. The van der Waals surface area contributed by atoms with Crippen molar-refractivity contribution in [3.8, 4) is 0 Å². The van der Waals surface area contributed by atoms with Crippen LogP contribution in [0.5, 0.6) is 0 Å². The molecule has 0 spiro atoms. The SMILES string of the molecule is CC[C@@H](C)N(C(=O)COC(=O)c1[nH]c(C)c(C(C)=O)c1C)[C@@H]1CCS(=O)(=O)C1. The molecule has 1 aromatic heterocycles. The minimum Gasteiger partial charge on any atom is -0.451 e.